The Kier molecular flexibility index (Phi) is 7.18. The lowest BCUT2D eigenvalue weighted by atomic mass is 10.1. The highest BCUT2D eigenvalue weighted by Crippen LogP contribution is 2.23. The molecule has 3 rings (SSSR count). The highest BCUT2D eigenvalue weighted by atomic mass is 35.5. The second kappa shape index (κ2) is 9.80. The average molecular weight is 400 g/mol. The maximum absolute atomic E-state index is 6.13. The Morgan fingerprint density at radius 3 is 2.71 bits per heavy atom. The Bertz CT molecular complexity index is 805. The minimum Gasteiger partial charge on any atom is -0.369 e. The molecule has 0 saturated carbocycles. The van der Waals surface area contributed by atoms with Crippen molar-refractivity contribution < 1.29 is 0 Å². The fourth-order valence-corrected chi connectivity index (χ4v) is 3.75. The summed E-state index contributed by atoms with van der Waals surface area (Å²) in [5, 5.41) is 7.78. The lowest BCUT2D eigenvalue weighted by Crippen LogP contribution is -2.44. The van der Waals surface area contributed by atoms with Crippen molar-refractivity contribution in [3.05, 3.63) is 64.7 Å². The zero-order valence-electron chi connectivity index (χ0n) is 17.0. The molecule has 5 nitrogen and oxygen atoms in total. The number of guanidine groups is 1. The first-order valence-corrected chi connectivity index (χ1v) is 10.1. The van der Waals surface area contributed by atoms with Gasteiger partial charge in [-0.15, -0.1) is 0 Å². The largest absolute Gasteiger partial charge is 0.369 e. The number of anilines is 1. The lowest BCUT2D eigenvalue weighted by molar-refractivity contribution is 0.402. The maximum atomic E-state index is 6.13. The summed E-state index contributed by atoms with van der Waals surface area (Å²) in [6.45, 7) is 3.66. The summed E-state index contributed by atoms with van der Waals surface area (Å²) in [7, 11) is 6.00. The van der Waals surface area contributed by atoms with Gasteiger partial charge in [-0.25, -0.2) is 0 Å². The summed E-state index contributed by atoms with van der Waals surface area (Å²) in [4.78, 5) is 8.94. The standard InChI is InChI=1S/C22H30ClN5/c1-24-22(25-14-17-6-4-7-18(12-17)15-27(2)3)26-20-10-11-28(16-20)21-9-5-8-19(23)13-21/h4-9,12-13,20H,10-11,14-16H2,1-3H3,(H2,24,25,26). The Hall–Kier alpha value is -2.24. The Balaban J connectivity index is 1.51. The summed E-state index contributed by atoms with van der Waals surface area (Å²) < 4.78 is 0. The molecule has 6 heteroatoms. The quantitative estimate of drug-likeness (QED) is 0.577. The molecule has 1 saturated heterocycles. The summed E-state index contributed by atoms with van der Waals surface area (Å²) in [5.41, 5.74) is 3.76. The zero-order valence-corrected chi connectivity index (χ0v) is 17.7. The first kappa shape index (κ1) is 20.5. The van der Waals surface area contributed by atoms with Gasteiger partial charge < -0.3 is 20.4 Å². The third-order valence-electron chi connectivity index (χ3n) is 4.88. The van der Waals surface area contributed by atoms with Crippen LogP contribution in [0, 0.1) is 0 Å². The number of hydrogen-bond donors (Lipinski definition) is 2. The SMILES string of the molecule is CN=C(NCc1cccc(CN(C)C)c1)NC1CCN(c2cccc(Cl)c2)C1. The minimum atomic E-state index is 0.366. The monoisotopic (exact) mass is 399 g/mol. The van der Waals surface area contributed by atoms with Gasteiger partial charge >= 0.3 is 0 Å². The van der Waals surface area contributed by atoms with E-state index in [-0.39, 0.29) is 0 Å². The number of aliphatic imine (C=N–C) groups is 1. The van der Waals surface area contributed by atoms with Crippen LogP contribution in [0.2, 0.25) is 5.02 Å². The van der Waals surface area contributed by atoms with Crippen molar-refractivity contribution >= 4 is 23.2 Å². The van der Waals surface area contributed by atoms with Crippen molar-refractivity contribution in [3.8, 4) is 0 Å². The first-order valence-electron chi connectivity index (χ1n) is 9.74. The number of rotatable bonds is 6. The molecule has 2 N–H and O–H groups in total. The third kappa shape index (κ3) is 5.88. The van der Waals surface area contributed by atoms with E-state index in [0.29, 0.717) is 6.04 Å². The van der Waals surface area contributed by atoms with E-state index < -0.39 is 0 Å². The predicted molar refractivity (Wildman–Crippen MR) is 119 cm³/mol. The molecule has 1 atom stereocenters. The van der Waals surface area contributed by atoms with E-state index in [0.717, 1.165) is 43.6 Å². The number of hydrogen-bond acceptors (Lipinski definition) is 3. The molecule has 0 aromatic heterocycles. The Labute approximate surface area is 173 Å². The fourth-order valence-electron chi connectivity index (χ4n) is 3.56. The van der Waals surface area contributed by atoms with Gasteiger partial charge in [-0.1, -0.05) is 41.9 Å². The van der Waals surface area contributed by atoms with Gasteiger partial charge in [0.2, 0.25) is 0 Å². The second-order valence-corrected chi connectivity index (χ2v) is 7.98. The van der Waals surface area contributed by atoms with Crippen LogP contribution < -0.4 is 15.5 Å². The normalized spacial score (nSPS) is 17.2. The van der Waals surface area contributed by atoms with Crippen LogP contribution in [-0.4, -0.2) is 51.1 Å². The van der Waals surface area contributed by atoms with Gasteiger partial charge in [0.05, 0.1) is 0 Å². The number of nitrogens with one attached hydrogen (secondary N) is 2. The van der Waals surface area contributed by atoms with Crippen molar-refractivity contribution in [3.63, 3.8) is 0 Å². The van der Waals surface area contributed by atoms with Crippen molar-refractivity contribution in [1.82, 2.24) is 15.5 Å². The topological polar surface area (TPSA) is 42.9 Å². The van der Waals surface area contributed by atoms with E-state index in [9.17, 15) is 0 Å². The van der Waals surface area contributed by atoms with Crippen LogP contribution in [0.15, 0.2) is 53.5 Å². The Morgan fingerprint density at radius 2 is 1.96 bits per heavy atom. The average Bonchev–Trinajstić information content (AvgIpc) is 3.13. The van der Waals surface area contributed by atoms with Crippen LogP contribution in [0.1, 0.15) is 17.5 Å². The van der Waals surface area contributed by atoms with Crippen LogP contribution in [0.4, 0.5) is 5.69 Å². The molecule has 1 aliphatic rings. The van der Waals surface area contributed by atoms with E-state index in [1.807, 2.05) is 25.2 Å². The molecule has 1 unspecified atom stereocenters. The molecule has 150 valence electrons. The predicted octanol–water partition coefficient (Wildman–Crippen LogP) is 3.35. The molecule has 0 radical (unpaired) electrons. The van der Waals surface area contributed by atoms with E-state index in [1.165, 1.54) is 16.8 Å². The molecule has 28 heavy (non-hydrogen) atoms. The minimum absolute atomic E-state index is 0.366. The molecule has 1 fully saturated rings. The molecule has 0 amide bonds. The molecule has 0 bridgehead atoms. The van der Waals surface area contributed by atoms with Gasteiger partial charge in [0.15, 0.2) is 5.96 Å². The van der Waals surface area contributed by atoms with Crippen molar-refractivity contribution in [2.24, 2.45) is 4.99 Å². The van der Waals surface area contributed by atoms with Crippen molar-refractivity contribution in [2.45, 2.75) is 25.6 Å². The van der Waals surface area contributed by atoms with Gasteiger partial charge in [0.1, 0.15) is 0 Å². The highest BCUT2D eigenvalue weighted by molar-refractivity contribution is 6.30. The molecule has 0 spiro atoms. The molecule has 0 aliphatic carbocycles. The molecular weight excluding hydrogens is 370 g/mol. The van der Waals surface area contributed by atoms with E-state index in [4.69, 9.17) is 11.6 Å². The van der Waals surface area contributed by atoms with Gasteiger partial charge in [-0.3, -0.25) is 4.99 Å². The van der Waals surface area contributed by atoms with Gasteiger partial charge in [-0.2, -0.15) is 0 Å². The van der Waals surface area contributed by atoms with Crippen LogP contribution >= 0.6 is 11.6 Å². The number of halogens is 1. The van der Waals surface area contributed by atoms with Gasteiger partial charge in [0.25, 0.3) is 0 Å². The third-order valence-corrected chi connectivity index (χ3v) is 5.11. The first-order chi connectivity index (χ1) is 13.5. The van der Waals surface area contributed by atoms with Crippen LogP contribution in [0.5, 0.6) is 0 Å². The maximum Gasteiger partial charge on any atom is 0.191 e. The molecule has 1 heterocycles. The fraction of sp³-hybridized carbons (Fsp3) is 0.409. The molecular formula is C22H30ClN5. The smallest absolute Gasteiger partial charge is 0.191 e. The van der Waals surface area contributed by atoms with Crippen molar-refractivity contribution in [2.75, 3.05) is 39.1 Å². The summed E-state index contributed by atoms with van der Waals surface area (Å²) in [5.74, 6) is 0.843. The van der Waals surface area contributed by atoms with Gasteiger partial charge in [-0.05, 0) is 49.8 Å². The zero-order chi connectivity index (χ0) is 19.9. The highest BCUT2D eigenvalue weighted by Gasteiger charge is 2.23. The number of nitrogens with zero attached hydrogens (tertiary/aromatic N) is 3. The van der Waals surface area contributed by atoms with Crippen molar-refractivity contribution in [1.29, 1.82) is 0 Å². The number of benzene rings is 2. The van der Waals surface area contributed by atoms with Crippen LogP contribution in [0.25, 0.3) is 0 Å². The molecule has 2 aromatic carbocycles. The van der Waals surface area contributed by atoms with E-state index in [1.54, 1.807) is 0 Å². The van der Waals surface area contributed by atoms with Crippen LogP contribution in [0.3, 0.4) is 0 Å². The lowest BCUT2D eigenvalue weighted by Gasteiger charge is -2.20. The molecule has 1 aliphatic heterocycles. The summed E-state index contributed by atoms with van der Waals surface area (Å²) in [6, 6.07) is 17.1. The van der Waals surface area contributed by atoms with Gasteiger partial charge in [0, 0.05) is 50.0 Å². The summed E-state index contributed by atoms with van der Waals surface area (Å²) >= 11 is 6.13. The van der Waals surface area contributed by atoms with E-state index in [2.05, 4.69) is 69.9 Å². The Morgan fingerprint density at radius 1 is 1.18 bits per heavy atom. The molecule has 2 aromatic rings. The van der Waals surface area contributed by atoms with E-state index >= 15 is 0 Å². The second-order valence-electron chi connectivity index (χ2n) is 7.54. The summed E-state index contributed by atoms with van der Waals surface area (Å²) in [6.07, 6.45) is 1.07. The van der Waals surface area contributed by atoms with Crippen LogP contribution in [-0.2, 0) is 13.1 Å².